The standard InChI is InChI=1S/C10H10BrN3S/c1-6-7(4-3-5-8(6)11)9-12-10(15)14(2)13-9/h3-5H,1-2H3,(H,12,13,15). The van der Waals surface area contributed by atoms with Gasteiger partial charge in [0.15, 0.2) is 5.82 Å². The smallest absolute Gasteiger partial charge is 0.216 e. The number of aryl methyl sites for hydroxylation is 1. The number of halogens is 1. The first-order chi connectivity index (χ1) is 7.09. The first-order valence-corrected chi connectivity index (χ1v) is 5.68. The van der Waals surface area contributed by atoms with Crippen LogP contribution in [-0.4, -0.2) is 14.8 Å². The molecule has 3 nitrogen and oxygen atoms in total. The largest absolute Gasteiger partial charge is 0.279 e. The Morgan fingerprint density at radius 3 is 2.80 bits per heavy atom. The Morgan fingerprint density at radius 1 is 1.47 bits per heavy atom. The Balaban J connectivity index is 2.64. The van der Waals surface area contributed by atoms with E-state index in [1.165, 1.54) is 0 Å². The van der Waals surface area contributed by atoms with Crippen LogP contribution in [0.5, 0.6) is 0 Å². The zero-order valence-corrected chi connectivity index (χ0v) is 10.8. The van der Waals surface area contributed by atoms with Crippen LogP contribution in [0.3, 0.4) is 0 Å². The van der Waals surface area contributed by atoms with E-state index in [0.717, 1.165) is 21.4 Å². The fourth-order valence-electron chi connectivity index (χ4n) is 1.39. The number of benzene rings is 1. The van der Waals surface area contributed by atoms with E-state index in [1.807, 2.05) is 32.2 Å². The van der Waals surface area contributed by atoms with Crippen LogP contribution in [0.2, 0.25) is 0 Å². The van der Waals surface area contributed by atoms with Gasteiger partial charge in [-0.05, 0) is 30.8 Å². The van der Waals surface area contributed by atoms with Gasteiger partial charge in [0.05, 0.1) is 0 Å². The van der Waals surface area contributed by atoms with Crippen molar-refractivity contribution < 1.29 is 0 Å². The van der Waals surface area contributed by atoms with Crippen molar-refractivity contribution in [2.24, 2.45) is 7.05 Å². The first-order valence-electron chi connectivity index (χ1n) is 4.48. The summed E-state index contributed by atoms with van der Waals surface area (Å²) in [7, 11) is 1.85. The molecule has 0 spiro atoms. The minimum absolute atomic E-state index is 0.560. The van der Waals surface area contributed by atoms with Crippen molar-refractivity contribution in [2.75, 3.05) is 0 Å². The van der Waals surface area contributed by atoms with Gasteiger partial charge >= 0.3 is 0 Å². The molecule has 78 valence electrons. The zero-order valence-electron chi connectivity index (χ0n) is 8.41. The first kappa shape index (κ1) is 10.6. The highest BCUT2D eigenvalue weighted by molar-refractivity contribution is 9.10. The minimum atomic E-state index is 0.560. The second-order valence-corrected chi connectivity index (χ2v) is 4.55. The number of rotatable bonds is 1. The normalized spacial score (nSPS) is 10.6. The van der Waals surface area contributed by atoms with Gasteiger partial charge in [-0.15, -0.1) is 0 Å². The van der Waals surface area contributed by atoms with Crippen molar-refractivity contribution in [1.29, 1.82) is 0 Å². The molecule has 0 fully saturated rings. The van der Waals surface area contributed by atoms with Crippen LogP contribution in [-0.2, 0) is 7.05 Å². The average molecular weight is 284 g/mol. The number of nitrogens with zero attached hydrogens (tertiary/aromatic N) is 2. The van der Waals surface area contributed by atoms with Gasteiger partial charge < -0.3 is 0 Å². The molecule has 0 radical (unpaired) electrons. The Hall–Kier alpha value is -0.940. The number of H-pyrrole nitrogens is 1. The maximum Gasteiger partial charge on any atom is 0.216 e. The Kier molecular flexibility index (Phi) is 2.75. The van der Waals surface area contributed by atoms with Crippen molar-refractivity contribution in [1.82, 2.24) is 14.8 Å². The molecule has 0 saturated carbocycles. The molecule has 0 aliphatic rings. The molecule has 5 heteroatoms. The molecule has 0 aliphatic carbocycles. The van der Waals surface area contributed by atoms with Crippen LogP contribution in [0.25, 0.3) is 11.4 Å². The van der Waals surface area contributed by atoms with Gasteiger partial charge in [0.1, 0.15) is 0 Å². The van der Waals surface area contributed by atoms with Crippen molar-refractivity contribution >= 4 is 28.1 Å². The van der Waals surface area contributed by atoms with Crippen LogP contribution < -0.4 is 0 Å². The van der Waals surface area contributed by atoms with E-state index in [4.69, 9.17) is 12.2 Å². The van der Waals surface area contributed by atoms with Gasteiger partial charge in [-0.25, -0.2) is 0 Å². The topological polar surface area (TPSA) is 33.6 Å². The predicted molar refractivity (Wildman–Crippen MR) is 66.3 cm³/mol. The Labute approximate surface area is 101 Å². The van der Waals surface area contributed by atoms with Gasteiger partial charge in [0.25, 0.3) is 0 Å². The summed E-state index contributed by atoms with van der Waals surface area (Å²) in [5, 5.41) is 3.11. The number of hydrogen-bond acceptors (Lipinski definition) is 2. The molecule has 2 aromatic rings. The van der Waals surface area contributed by atoms with E-state index in [0.29, 0.717) is 4.77 Å². The molecule has 15 heavy (non-hydrogen) atoms. The second-order valence-electron chi connectivity index (χ2n) is 3.33. The molecule has 0 amide bonds. The van der Waals surface area contributed by atoms with Crippen LogP contribution in [0, 0.1) is 11.7 Å². The van der Waals surface area contributed by atoms with Crippen LogP contribution in [0.4, 0.5) is 0 Å². The highest BCUT2D eigenvalue weighted by atomic mass is 79.9. The summed E-state index contributed by atoms with van der Waals surface area (Å²) in [5.41, 5.74) is 2.22. The lowest BCUT2D eigenvalue weighted by Gasteiger charge is -2.03. The van der Waals surface area contributed by atoms with Crippen molar-refractivity contribution in [3.8, 4) is 11.4 Å². The third kappa shape index (κ3) is 1.89. The summed E-state index contributed by atoms with van der Waals surface area (Å²) in [6.45, 7) is 2.05. The third-order valence-corrected chi connectivity index (χ3v) is 3.52. The Bertz CT molecular complexity index is 556. The summed E-state index contributed by atoms with van der Waals surface area (Å²) in [6.07, 6.45) is 0. The lowest BCUT2D eigenvalue weighted by Crippen LogP contribution is -1.91. The molecule has 0 saturated heterocycles. The van der Waals surface area contributed by atoms with Gasteiger partial charge in [-0.1, -0.05) is 28.1 Å². The van der Waals surface area contributed by atoms with E-state index in [1.54, 1.807) is 4.68 Å². The van der Waals surface area contributed by atoms with Gasteiger partial charge in [-0.2, -0.15) is 4.98 Å². The minimum Gasteiger partial charge on any atom is -0.279 e. The molecule has 1 aromatic heterocycles. The maximum absolute atomic E-state index is 5.06. The van der Waals surface area contributed by atoms with Crippen molar-refractivity contribution in [2.45, 2.75) is 6.92 Å². The third-order valence-electron chi connectivity index (χ3n) is 2.29. The van der Waals surface area contributed by atoms with E-state index in [2.05, 4.69) is 26.0 Å². The van der Waals surface area contributed by atoms with E-state index in [9.17, 15) is 0 Å². The molecule has 1 aromatic carbocycles. The fraction of sp³-hybridized carbons (Fsp3) is 0.200. The number of nitrogens with one attached hydrogen (secondary N) is 1. The molecule has 0 aliphatic heterocycles. The fourth-order valence-corrected chi connectivity index (χ4v) is 1.89. The zero-order chi connectivity index (χ0) is 11.0. The van der Waals surface area contributed by atoms with Crippen molar-refractivity contribution in [3.63, 3.8) is 0 Å². The van der Waals surface area contributed by atoms with Gasteiger partial charge in [0.2, 0.25) is 4.77 Å². The van der Waals surface area contributed by atoms with Crippen LogP contribution in [0.1, 0.15) is 5.56 Å². The number of aromatic amines is 1. The average Bonchev–Trinajstić information content (AvgIpc) is 2.51. The summed E-state index contributed by atoms with van der Waals surface area (Å²) < 4.78 is 3.36. The Morgan fingerprint density at radius 2 is 2.20 bits per heavy atom. The highest BCUT2D eigenvalue weighted by Gasteiger charge is 2.07. The lowest BCUT2D eigenvalue weighted by atomic mass is 10.1. The van der Waals surface area contributed by atoms with Gasteiger partial charge in [-0.3, -0.25) is 9.78 Å². The highest BCUT2D eigenvalue weighted by Crippen LogP contribution is 2.25. The molecule has 0 unspecified atom stereocenters. The molecule has 0 bridgehead atoms. The molecule has 1 N–H and O–H groups in total. The summed E-state index contributed by atoms with van der Waals surface area (Å²) in [5.74, 6) is 0.807. The van der Waals surface area contributed by atoms with Crippen LogP contribution in [0.15, 0.2) is 22.7 Å². The van der Waals surface area contributed by atoms with Gasteiger partial charge in [0, 0.05) is 17.1 Å². The summed E-state index contributed by atoms with van der Waals surface area (Å²) in [6, 6.07) is 6.02. The van der Waals surface area contributed by atoms with E-state index >= 15 is 0 Å². The second kappa shape index (κ2) is 3.90. The molecular formula is C10H10BrN3S. The number of aromatic nitrogens is 3. The molecule has 2 rings (SSSR count). The molecular weight excluding hydrogens is 274 g/mol. The quantitative estimate of drug-likeness (QED) is 0.816. The SMILES string of the molecule is Cc1c(Br)cccc1-c1nc(=S)n(C)[nH]1. The number of hydrogen-bond donors (Lipinski definition) is 1. The molecule has 0 atom stereocenters. The maximum atomic E-state index is 5.06. The van der Waals surface area contributed by atoms with Crippen molar-refractivity contribution in [3.05, 3.63) is 33.0 Å². The van der Waals surface area contributed by atoms with E-state index in [-0.39, 0.29) is 0 Å². The summed E-state index contributed by atoms with van der Waals surface area (Å²) in [4.78, 5) is 4.28. The lowest BCUT2D eigenvalue weighted by molar-refractivity contribution is 0.756. The van der Waals surface area contributed by atoms with Crippen LogP contribution >= 0.6 is 28.1 Å². The predicted octanol–water partition coefficient (Wildman–Crippen LogP) is 3.22. The molecule has 1 heterocycles. The van der Waals surface area contributed by atoms with E-state index < -0.39 is 0 Å². The monoisotopic (exact) mass is 283 g/mol. The summed E-state index contributed by atoms with van der Waals surface area (Å²) >= 11 is 8.55.